The van der Waals surface area contributed by atoms with Gasteiger partial charge in [-0.05, 0) is 30.2 Å². The monoisotopic (exact) mass is 319 g/mol. The third-order valence-electron chi connectivity index (χ3n) is 3.07. The Morgan fingerprint density at radius 3 is 2.47 bits per heavy atom. The summed E-state index contributed by atoms with van der Waals surface area (Å²) in [5.41, 5.74) is 8.31. The van der Waals surface area contributed by atoms with Gasteiger partial charge in [0.15, 0.2) is 0 Å². The number of para-hydroxylation sites is 1. The number of benzene rings is 2. The highest BCUT2D eigenvalue weighted by atomic mass is 79.9. The molecule has 0 unspecified atom stereocenters. The smallest absolute Gasteiger partial charge is 0.124 e. The lowest BCUT2D eigenvalue weighted by Gasteiger charge is -2.15. The summed E-state index contributed by atoms with van der Waals surface area (Å²) in [6, 6.07) is 16.1. The number of rotatable bonds is 5. The fourth-order valence-corrected chi connectivity index (χ4v) is 2.14. The average molecular weight is 320 g/mol. The van der Waals surface area contributed by atoms with Crippen LogP contribution in [0.25, 0.3) is 0 Å². The first-order valence-electron chi connectivity index (χ1n) is 6.42. The summed E-state index contributed by atoms with van der Waals surface area (Å²) in [5.74, 6) is 0.875. The van der Waals surface area contributed by atoms with Crippen molar-refractivity contribution < 1.29 is 4.74 Å². The Labute approximate surface area is 122 Å². The Kier molecular flexibility index (Phi) is 5.00. The maximum Gasteiger partial charge on any atom is 0.124 e. The normalized spacial score (nSPS) is 12.2. The van der Waals surface area contributed by atoms with Crippen LogP contribution in [0, 0.1) is 0 Å². The zero-order valence-electron chi connectivity index (χ0n) is 11.0. The number of hydrogen-bond donors (Lipinski definition) is 1. The lowest BCUT2D eigenvalue weighted by atomic mass is 10.0. The molecule has 19 heavy (non-hydrogen) atoms. The van der Waals surface area contributed by atoms with E-state index in [0.29, 0.717) is 6.61 Å². The quantitative estimate of drug-likeness (QED) is 0.884. The second kappa shape index (κ2) is 6.73. The summed E-state index contributed by atoms with van der Waals surface area (Å²) in [4.78, 5) is 0. The van der Waals surface area contributed by atoms with Crippen LogP contribution in [0.2, 0.25) is 0 Å². The second-order valence-electron chi connectivity index (χ2n) is 4.47. The summed E-state index contributed by atoms with van der Waals surface area (Å²) >= 11 is 3.42. The molecule has 0 heterocycles. The topological polar surface area (TPSA) is 35.2 Å². The van der Waals surface area contributed by atoms with E-state index >= 15 is 0 Å². The van der Waals surface area contributed by atoms with Gasteiger partial charge >= 0.3 is 0 Å². The van der Waals surface area contributed by atoms with Crippen LogP contribution in [-0.4, -0.2) is 0 Å². The number of nitrogens with two attached hydrogens (primary N) is 1. The van der Waals surface area contributed by atoms with Gasteiger partial charge in [-0.2, -0.15) is 0 Å². The van der Waals surface area contributed by atoms with E-state index in [-0.39, 0.29) is 6.04 Å². The fraction of sp³-hybridized carbons (Fsp3) is 0.250. The van der Waals surface area contributed by atoms with Crippen molar-refractivity contribution in [2.45, 2.75) is 26.0 Å². The Morgan fingerprint density at radius 1 is 1.11 bits per heavy atom. The molecule has 0 saturated carbocycles. The van der Waals surface area contributed by atoms with Gasteiger partial charge < -0.3 is 10.5 Å². The van der Waals surface area contributed by atoms with E-state index in [9.17, 15) is 0 Å². The van der Waals surface area contributed by atoms with Crippen LogP contribution in [0.1, 0.15) is 30.5 Å². The van der Waals surface area contributed by atoms with E-state index in [1.165, 1.54) is 0 Å². The minimum Gasteiger partial charge on any atom is -0.489 e. The zero-order valence-corrected chi connectivity index (χ0v) is 12.6. The van der Waals surface area contributed by atoms with Gasteiger partial charge in [0.05, 0.1) is 0 Å². The summed E-state index contributed by atoms with van der Waals surface area (Å²) in [5, 5.41) is 0. The van der Waals surface area contributed by atoms with Gasteiger partial charge in [-0.1, -0.05) is 53.2 Å². The first kappa shape index (κ1) is 14.1. The molecule has 2 N–H and O–H groups in total. The Morgan fingerprint density at radius 2 is 1.79 bits per heavy atom. The van der Waals surface area contributed by atoms with E-state index in [1.807, 2.05) is 48.5 Å². The van der Waals surface area contributed by atoms with Crippen LogP contribution < -0.4 is 10.5 Å². The predicted octanol–water partition coefficient (Wildman–Crippen LogP) is 4.44. The Balaban J connectivity index is 2.09. The van der Waals surface area contributed by atoms with Gasteiger partial charge in [0.25, 0.3) is 0 Å². The van der Waals surface area contributed by atoms with Gasteiger partial charge in [-0.3, -0.25) is 0 Å². The number of ether oxygens (including phenoxy) is 1. The number of hydrogen-bond acceptors (Lipinski definition) is 2. The SMILES string of the molecule is CC[C@H](N)c1ccccc1OCc1ccc(Br)cc1. The van der Waals surface area contributed by atoms with Crippen LogP contribution in [0.5, 0.6) is 5.75 Å². The molecule has 2 aromatic rings. The molecule has 100 valence electrons. The van der Waals surface area contributed by atoms with Crippen molar-refractivity contribution in [3.8, 4) is 5.75 Å². The van der Waals surface area contributed by atoms with Gasteiger partial charge in [-0.15, -0.1) is 0 Å². The fourth-order valence-electron chi connectivity index (χ4n) is 1.88. The summed E-state index contributed by atoms with van der Waals surface area (Å²) in [7, 11) is 0. The maximum absolute atomic E-state index is 6.10. The van der Waals surface area contributed by atoms with Gasteiger partial charge in [-0.25, -0.2) is 0 Å². The van der Waals surface area contributed by atoms with E-state index in [0.717, 1.165) is 27.8 Å². The van der Waals surface area contributed by atoms with Gasteiger partial charge in [0.1, 0.15) is 12.4 Å². The third-order valence-corrected chi connectivity index (χ3v) is 3.59. The molecule has 0 aliphatic rings. The zero-order chi connectivity index (χ0) is 13.7. The molecule has 0 amide bonds. The minimum atomic E-state index is 0.0288. The standard InChI is InChI=1S/C16H18BrNO/c1-2-15(18)14-5-3-4-6-16(14)19-11-12-7-9-13(17)10-8-12/h3-10,15H,2,11,18H2,1H3/t15-/m0/s1. The molecule has 2 rings (SSSR count). The Hall–Kier alpha value is -1.32. The average Bonchev–Trinajstić information content (AvgIpc) is 2.46. The largest absolute Gasteiger partial charge is 0.489 e. The van der Waals surface area contributed by atoms with E-state index in [1.54, 1.807) is 0 Å². The lowest BCUT2D eigenvalue weighted by Crippen LogP contribution is -2.10. The lowest BCUT2D eigenvalue weighted by molar-refractivity contribution is 0.300. The minimum absolute atomic E-state index is 0.0288. The summed E-state index contributed by atoms with van der Waals surface area (Å²) in [6.45, 7) is 2.64. The first-order valence-corrected chi connectivity index (χ1v) is 7.21. The number of halogens is 1. The Bertz CT molecular complexity index is 525. The molecular formula is C16H18BrNO. The first-order chi connectivity index (χ1) is 9.20. The van der Waals surface area contributed by atoms with Crippen LogP contribution in [0.15, 0.2) is 53.0 Å². The van der Waals surface area contributed by atoms with Gasteiger partial charge in [0, 0.05) is 16.1 Å². The van der Waals surface area contributed by atoms with Crippen LogP contribution >= 0.6 is 15.9 Å². The maximum atomic E-state index is 6.10. The highest BCUT2D eigenvalue weighted by molar-refractivity contribution is 9.10. The van der Waals surface area contributed by atoms with Crippen molar-refractivity contribution in [1.82, 2.24) is 0 Å². The molecule has 1 atom stereocenters. The van der Waals surface area contributed by atoms with Crippen LogP contribution in [-0.2, 0) is 6.61 Å². The van der Waals surface area contributed by atoms with Crippen molar-refractivity contribution in [2.24, 2.45) is 5.73 Å². The highest BCUT2D eigenvalue weighted by Gasteiger charge is 2.09. The molecular weight excluding hydrogens is 302 g/mol. The molecule has 0 aliphatic carbocycles. The predicted molar refractivity (Wildman–Crippen MR) is 82.1 cm³/mol. The molecule has 0 aliphatic heterocycles. The van der Waals surface area contributed by atoms with Crippen molar-refractivity contribution in [2.75, 3.05) is 0 Å². The van der Waals surface area contributed by atoms with Crippen molar-refractivity contribution in [3.63, 3.8) is 0 Å². The van der Waals surface area contributed by atoms with Crippen molar-refractivity contribution in [1.29, 1.82) is 0 Å². The van der Waals surface area contributed by atoms with Crippen LogP contribution in [0.3, 0.4) is 0 Å². The van der Waals surface area contributed by atoms with Gasteiger partial charge in [0.2, 0.25) is 0 Å². The second-order valence-corrected chi connectivity index (χ2v) is 5.38. The molecule has 2 aromatic carbocycles. The summed E-state index contributed by atoms with van der Waals surface area (Å²) < 4.78 is 6.96. The highest BCUT2D eigenvalue weighted by Crippen LogP contribution is 2.26. The molecule has 0 saturated heterocycles. The van der Waals surface area contributed by atoms with Crippen molar-refractivity contribution >= 4 is 15.9 Å². The third kappa shape index (κ3) is 3.82. The molecule has 2 nitrogen and oxygen atoms in total. The molecule has 0 radical (unpaired) electrons. The van der Waals surface area contributed by atoms with E-state index in [4.69, 9.17) is 10.5 Å². The van der Waals surface area contributed by atoms with Crippen molar-refractivity contribution in [3.05, 3.63) is 64.1 Å². The molecule has 0 bridgehead atoms. The molecule has 0 spiro atoms. The van der Waals surface area contributed by atoms with Crippen LogP contribution in [0.4, 0.5) is 0 Å². The summed E-state index contributed by atoms with van der Waals surface area (Å²) in [6.07, 6.45) is 0.901. The molecule has 0 fully saturated rings. The molecule has 0 aromatic heterocycles. The van der Waals surface area contributed by atoms with E-state index < -0.39 is 0 Å². The molecule has 3 heteroatoms. The van der Waals surface area contributed by atoms with E-state index in [2.05, 4.69) is 22.9 Å².